The van der Waals surface area contributed by atoms with E-state index in [2.05, 4.69) is 44.3 Å². The smallest absolute Gasteiger partial charge is 0.224 e. The highest BCUT2D eigenvalue weighted by molar-refractivity contribution is 5.85. The maximum absolute atomic E-state index is 5.70. The number of aromatic amines is 1. The molecule has 0 unspecified atom stereocenters. The van der Waals surface area contributed by atoms with Crippen LogP contribution in [-0.4, -0.2) is 19.9 Å². The van der Waals surface area contributed by atoms with Crippen molar-refractivity contribution >= 4 is 28.6 Å². The first-order valence-electron chi connectivity index (χ1n) is 7.09. The average Bonchev–Trinajstić information content (AvgIpc) is 2.95. The predicted molar refractivity (Wildman–Crippen MR) is 84.4 cm³/mol. The minimum absolute atomic E-state index is 0.205. The maximum Gasteiger partial charge on any atom is 0.224 e. The quantitative estimate of drug-likeness (QED) is 0.669. The van der Waals surface area contributed by atoms with E-state index < -0.39 is 0 Å². The van der Waals surface area contributed by atoms with Gasteiger partial charge in [-0.15, -0.1) is 0 Å². The van der Waals surface area contributed by atoms with Crippen LogP contribution in [0.1, 0.15) is 25.3 Å². The van der Waals surface area contributed by atoms with Crippen molar-refractivity contribution in [1.29, 1.82) is 0 Å². The first-order chi connectivity index (χ1) is 10.3. The van der Waals surface area contributed by atoms with Crippen LogP contribution in [0.4, 0.5) is 17.5 Å². The molecule has 0 saturated heterocycles. The second kappa shape index (κ2) is 5.78. The van der Waals surface area contributed by atoms with E-state index in [0.29, 0.717) is 11.5 Å². The number of hydrogen-bond donors (Lipinski definition) is 3. The summed E-state index contributed by atoms with van der Waals surface area (Å²) in [6.07, 6.45) is 5.11. The number of nitrogens with one attached hydrogen (secondary N) is 2. The number of H-pyrrole nitrogens is 1. The lowest BCUT2D eigenvalue weighted by Gasteiger charge is -2.08. The molecule has 0 bridgehead atoms. The Bertz CT molecular complexity index is 732. The Hall–Kier alpha value is -2.63. The molecule has 6 nitrogen and oxygen atoms in total. The second-order valence-corrected chi connectivity index (χ2v) is 4.96. The number of unbranched alkanes of at least 4 members (excludes halogenated alkanes) is 1. The lowest BCUT2D eigenvalue weighted by molar-refractivity contribution is 0.795. The van der Waals surface area contributed by atoms with E-state index in [1.165, 1.54) is 18.4 Å². The molecule has 2 aromatic heterocycles. The zero-order chi connectivity index (χ0) is 14.7. The summed E-state index contributed by atoms with van der Waals surface area (Å²) in [7, 11) is 0. The van der Waals surface area contributed by atoms with Crippen LogP contribution in [0.5, 0.6) is 0 Å². The number of benzene rings is 1. The Labute approximate surface area is 122 Å². The lowest BCUT2D eigenvalue weighted by Crippen LogP contribution is -2.01. The van der Waals surface area contributed by atoms with E-state index in [1.54, 1.807) is 6.33 Å². The Kier molecular flexibility index (Phi) is 3.68. The van der Waals surface area contributed by atoms with Gasteiger partial charge in [-0.1, -0.05) is 25.5 Å². The molecule has 0 aliphatic rings. The third kappa shape index (κ3) is 2.94. The van der Waals surface area contributed by atoms with Gasteiger partial charge in [-0.25, -0.2) is 4.98 Å². The van der Waals surface area contributed by atoms with E-state index in [4.69, 9.17) is 5.73 Å². The third-order valence-electron chi connectivity index (χ3n) is 3.34. The highest BCUT2D eigenvalue weighted by Gasteiger charge is 2.08. The molecule has 0 spiro atoms. The fourth-order valence-electron chi connectivity index (χ4n) is 2.21. The Morgan fingerprint density at radius 3 is 2.76 bits per heavy atom. The van der Waals surface area contributed by atoms with E-state index in [9.17, 15) is 0 Å². The van der Waals surface area contributed by atoms with Gasteiger partial charge >= 0.3 is 0 Å². The first-order valence-corrected chi connectivity index (χ1v) is 7.09. The van der Waals surface area contributed by atoms with Crippen LogP contribution in [-0.2, 0) is 6.42 Å². The molecule has 0 amide bonds. The van der Waals surface area contributed by atoms with Crippen LogP contribution in [0.2, 0.25) is 0 Å². The fraction of sp³-hybridized carbons (Fsp3) is 0.267. The summed E-state index contributed by atoms with van der Waals surface area (Å²) in [5.74, 6) is 0.841. The zero-order valence-electron chi connectivity index (χ0n) is 11.9. The van der Waals surface area contributed by atoms with Gasteiger partial charge in [0.15, 0.2) is 11.5 Å². The summed E-state index contributed by atoms with van der Waals surface area (Å²) in [6, 6.07) is 8.36. The van der Waals surface area contributed by atoms with Crippen LogP contribution >= 0.6 is 0 Å². The van der Waals surface area contributed by atoms with Crippen molar-refractivity contribution in [1.82, 2.24) is 19.9 Å². The molecule has 3 rings (SSSR count). The number of aryl methyl sites for hydroxylation is 1. The molecule has 108 valence electrons. The predicted octanol–water partition coefficient (Wildman–Crippen LogP) is 3.02. The molecule has 0 fully saturated rings. The Morgan fingerprint density at radius 1 is 1.19 bits per heavy atom. The standard InChI is InChI=1S/C15H18N6/c1-2-3-4-10-5-7-11(8-6-10)19-14-12-13(18-9-17-12)20-15(16)21-14/h5-9H,2-4H2,1H3,(H4,16,17,18,19,20,21). The van der Waals surface area contributed by atoms with Gasteiger partial charge < -0.3 is 16.0 Å². The van der Waals surface area contributed by atoms with Crippen LogP contribution in [0.3, 0.4) is 0 Å². The molecule has 0 radical (unpaired) electrons. The summed E-state index contributed by atoms with van der Waals surface area (Å²) in [5, 5.41) is 3.25. The molecule has 6 heteroatoms. The molecular weight excluding hydrogens is 264 g/mol. The molecule has 0 atom stereocenters. The van der Waals surface area contributed by atoms with Gasteiger partial charge in [0.05, 0.1) is 6.33 Å². The summed E-state index contributed by atoms with van der Waals surface area (Å²) >= 11 is 0. The molecule has 21 heavy (non-hydrogen) atoms. The summed E-state index contributed by atoms with van der Waals surface area (Å²) in [4.78, 5) is 15.4. The number of nitrogens with zero attached hydrogens (tertiary/aromatic N) is 3. The molecule has 0 saturated carbocycles. The number of nitrogen functional groups attached to an aromatic ring is 1. The van der Waals surface area contributed by atoms with Gasteiger partial charge in [0, 0.05) is 5.69 Å². The van der Waals surface area contributed by atoms with Crippen LogP contribution < -0.4 is 11.1 Å². The van der Waals surface area contributed by atoms with Crippen molar-refractivity contribution in [2.24, 2.45) is 0 Å². The zero-order valence-corrected chi connectivity index (χ0v) is 11.9. The lowest BCUT2D eigenvalue weighted by atomic mass is 10.1. The average molecular weight is 282 g/mol. The van der Waals surface area contributed by atoms with E-state index in [-0.39, 0.29) is 5.95 Å². The summed E-state index contributed by atoms with van der Waals surface area (Å²) in [6.45, 7) is 2.20. The summed E-state index contributed by atoms with van der Waals surface area (Å²) < 4.78 is 0. The maximum atomic E-state index is 5.70. The van der Waals surface area contributed by atoms with Gasteiger partial charge in [0.2, 0.25) is 5.95 Å². The van der Waals surface area contributed by atoms with Crippen LogP contribution in [0, 0.1) is 0 Å². The molecule has 1 aromatic carbocycles. The van der Waals surface area contributed by atoms with Gasteiger partial charge in [-0.2, -0.15) is 9.97 Å². The number of fused-ring (bicyclic) bond motifs is 1. The highest BCUT2D eigenvalue weighted by atomic mass is 15.1. The minimum Gasteiger partial charge on any atom is -0.368 e. The second-order valence-electron chi connectivity index (χ2n) is 4.96. The molecule has 4 N–H and O–H groups in total. The van der Waals surface area contributed by atoms with Gasteiger partial charge in [0.1, 0.15) is 5.52 Å². The molecule has 2 heterocycles. The van der Waals surface area contributed by atoms with Crippen LogP contribution in [0.25, 0.3) is 11.2 Å². The van der Waals surface area contributed by atoms with Gasteiger partial charge in [0.25, 0.3) is 0 Å². The molecular formula is C15H18N6. The third-order valence-corrected chi connectivity index (χ3v) is 3.34. The number of rotatable bonds is 5. The fourth-order valence-corrected chi connectivity index (χ4v) is 2.21. The monoisotopic (exact) mass is 282 g/mol. The number of hydrogen-bond acceptors (Lipinski definition) is 5. The Balaban J connectivity index is 1.83. The van der Waals surface area contributed by atoms with Crippen molar-refractivity contribution in [2.45, 2.75) is 26.2 Å². The van der Waals surface area contributed by atoms with Crippen molar-refractivity contribution < 1.29 is 0 Å². The SMILES string of the molecule is CCCCc1ccc(Nc2nc(N)nc3nc[nH]c23)cc1. The number of imidazole rings is 1. The molecule has 3 aromatic rings. The molecule has 0 aliphatic heterocycles. The molecule has 0 aliphatic carbocycles. The van der Waals surface area contributed by atoms with Crippen LogP contribution in [0.15, 0.2) is 30.6 Å². The van der Waals surface area contributed by atoms with Crippen molar-refractivity contribution in [3.63, 3.8) is 0 Å². The van der Waals surface area contributed by atoms with Gasteiger partial charge in [-0.3, -0.25) is 0 Å². The highest BCUT2D eigenvalue weighted by Crippen LogP contribution is 2.22. The Morgan fingerprint density at radius 2 is 2.00 bits per heavy atom. The number of aromatic nitrogens is 4. The van der Waals surface area contributed by atoms with Gasteiger partial charge in [-0.05, 0) is 30.5 Å². The van der Waals surface area contributed by atoms with Crippen molar-refractivity contribution in [2.75, 3.05) is 11.1 Å². The van der Waals surface area contributed by atoms with E-state index in [1.807, 2.05) is 12.1 Å². The van der Waals surface area contributed by atoms with E-state index >= 15 is 0 Å². The topological polar surface area (TPSA) is 92.5 Å². The number of nitrogens with two attached hydrogens (primary N) is 1. The first kappa shape index (κ1) is 13.4. The normalized spacial score (nSPS) is 10.9. The largest absolute Gasteiger partial charge is 0.368 e. The number of anilines is 3. The summed E-state index contributed by atoms with van der Waals surface area (Å²) in [5.41, 5.74) is 9.32. The van der Waals surface area contributed by atoms with Crippen molar-refractivity contribution in [3.8, 4) is 0 Å². The minimum atomic E-state index is 0.205. The van der Waals surface area contributed by atoms with Crippen molar-refractivity contribution in [3.05, 3.63) is 36.2 Å². The van der Waals surface area contributed by atoms with E-state index in [0.717, 1.165) is 17.6 Å².